The fourth-order valence-corrected chi connectivity index (χ4v) is 5.23. The number of aryl methyl sites for hydroxylation is 2. The molecule has 0 bridgehead atoms. The number of hydrogen-bond acceptors (Lipinski definition) is 0. The number of pyridine rings is 1. The predicted octanol–water partition coefficient (Wildman–Crippen LogP) is 7.92. The Balaban J connectivity index is 0.0000116. The maximum atomic E-state index is 2.54. The van der Waals surface area contributed by atoms with Gasteiger partial charge in [0, 0.05) is 25.0 Å². The van der Waals surface area contributed by atoms with Crippen LogP contribution in [0.1, 0.15) is 174 Å². The maximum Gasteiger partial charge on any atom is 0.181 e. The number of nitrogens with zero attached hydrogens (tertiary/aromatic N) is 1. The topological polar surface area (TPSA) is 3.88 Å². The first-order valence-electron chi connectivity index (χ1n) is 15.9. The summed E-state index contributed by atoms with van der Waals surface area (Å²) in [6.45, 7) is 5.82. The van der Waals surface area contributed by atoms with Crippen molar-refractivity contribution in [3.63, 3.8) is 0 Å². The third kappa shape index (κ3) is 22.4. The molecule has 0 radical (unpaired) electrons. The third-order valence-electron chi connectivity index (χ3n) is 7.57. The van der Waals surface area contributed by atoms with Crippen LogP contribution in [-0.4, -0.2) is 0 Å². The van der Waals surface area contributed by atoms with E-state index in [2.05, 4.69) is 42.8 Å². The Kier molecular flexibility index (Phi) is 27.6. The van der Waals surface area contributed by atoms with Crippen LogP contribution in [0, 0.1) is 0 Å². The quantitative estimate of drug-likeness (QED) is 0.0884. The molecule has 206 valence electrons. The molecule has 0 fully saturated rings. The lowest BCUT2D eigenvalue weighted by Gasteiger charge is -2.05. The van der Waals surface area contributed by atoms with Crippen molar-refractivity contribution in [2.75, 3.05) is 0 Å². The van der Waals surface area contributed by atoms with Gasteiger partial charge in [-0.3, -0.25) is 0 Å². The summed E-state index contributed by atoms with van der Waals surface area (Å²) in [7, 11) is 0. The Bertz CT molecular complexity index is 483. The van der Waals surface area contributed by atoms with Gasteiger partial charge in [-0.15, -0.1) is 0 Å². The van der Waals surface area contributed by atoms with Crippen LogP contribution < -0.4 is 17.0 Å². The molecule has 1 nitrogen and oxygen atoms in total. The van der Waals surface area contributed by atoms with Crippen molar-refractivity contribution < 1.29 is 17.0 Å². The zero-order valence-electron chi connectivity index (χ0n) is 24.0. The van der Waals surface area contributed by atoms with E-state index in [-0.39, 0.29) is 12.4 Å². The summed E-state index contributed by atoms with van der Waals surface area (Å²) in [6.07, 6.45) is 38.0. The van der Waals surface area contributed by atoms with Crippen molar-refractivity contribution >= 4 is 0 Å². The summed E-state index contributed by atoms with van der Waals surface area (Å²) in [6, 6.07) is 6.81. The van der Waals surface area contributed by atoms with Crippen LogP contribution in [0.3, 0.4) is 0 Å². The van der Waals surface area contributed by atoms with Crippen molar-refractivity contribution in [1.82, 2.24) is 0 Å². The minimum absolute atomic E-state index is 0. The summed E-state index contributed by atoms with van der Waals surface area (Å²) in [5, 5.41) is 0. The maximum absolute atomic E-state index is 2.54. The molecular formula is C33H62ClN. The lowest BCUT2D eigenvalue weighted by Crippen LogP contribution is -3.00. The molecular weight excluding hydrogens is 446 g/mol. The van der Waals surface area contributed by atoms with Gasteiger partial charge < -0.3 is 12.4 Å². The van der Waals surface area contributed by atoms with Gasteiger partial charge in [-0.05, 0) is 12.8 Å². The second kappa shape index (κ2) is 28.0. The fourth-order valence-electron chi connectivity index (χ4n) is 5.23. The minimum atomic E-state index is 0. The first kappa shape index (κ1) is 34.4. The van der Waals surface area contributed by atoms with Gasteiger partial charge in [0.25, 0.3) is 0 Å². The molecule has 0 N–H and O–H groups in total. The van der Waals surface area contributed by atoms with Crippen LogP contribution in [0.15, 0.2) is 24.4 Å². The first-order valence-corrected chi connectivity index (χ1v) is 15.9. The molecule has 1 aromatic heterocycles. The van der Waals surface area contributed by atoms with Gasteiger partial charge in [-0.25, -0.2) is 4.57 Å². The number of aromatic nitrogens is 1. The first-order chi connectivity index (χ1) is 16.9. The highest BCUT2D eigenvalue weighted by molar-refractivity contribution is 4.97. The van der Waals surface area contributed by atoms with Crippen LogP contribution >= 0.6 is 0 Å². The Morgan fingerprint density at radius 1 is 0.457 bits per heavy atom. The summed E-state index contributed by atoms with van der Waals surface area (Å²) in [5.74, 6) is 0. The molecule has 0 spiro atoms. The fraction of sp³-hybridized carbons (Fsp3) is 0.848. The molecule has 0 saturated heterocycles. The lowest BCUT2D eigenvalue weighted by atomic mass is 10.0. The minimum Gasteiger partial charge on any atom is -1.00 e. The van der Waals surface area contributed by atoms with Gasteiger partial charge in [-0.1, -0.05) is 155 Å². The molecule has 0 aliphatic carbocycles. The van der Waals surface area contributed by atoms with Crippen molar-refractivity contribution in [2.45, 2.75) is 181 Å². The zero-order valence-corrected chi connectivity index (χ0v) is 24.8. The predicted molar refractivity (Wildman–Crippen MR) is 152 cm³/mol. The second-order valence-electron chi connectivity index (χ2n) is 10.9. The number of unbranched alkanes of at least 4 members (excludes halogenated alkanes) is 22. The smallest absolute Gasteiger partial charge is 0.181 e. The molecule has 0 saturated carbocycles. The van der Waals surface area contributed by atoms with E-state index in [0.29, 0.717) is 0 Å². The van der Waals surface area contributed by atoms with Gasteiger partial charge in [-0.2, -0.15) is 0 Å². The van der Waals surface area contributed by atoms with Crippen LogP contribution in [0.5, 0.6) is 0 Å². The molecule has 0 amide bonds. The van der Waals surface area contributed by atoms with Crippen LogP contribution in [0.4, 0.5) is 0 Å². The zero-order chi connectivity index (χ0) is 24.4. The molecule has 0 aromatic carbocycles. The Morgan fingerprint density at radius 2 is 0.829 bits per heavy atom. The largest absolute Gasteiger partial charge is 1.00 e. The second-order valence-corrected chi connectivity index (χ2v) is 10.9. The summed E-state index contributed by atoms with van der Waals surface area (Å²) >= 11 is 0. The van der Waals surface area contributed by atoms with E-state index in [0.717, 1.165) is 0 Å². The van der Waals surface area contributed by atoms with E-state index in [1.807, 2.05) is 0 Å². The van der Waals surface area contributed by atoms with Gasteiger partial charge in [0.05, 0.1) is 0 Å². The van der Waals surface area contributed by atoms with Crippen LogP contribution in [0.2, 0.25) is 0 Å². The molecule has 0 aliphatic heterocycles. The summed E-state index contributed by atoms with van der Waals surface area (Å²) in [4.78, 5) is 0. The van der Waals surface area contributed by atoms with E-state index < -0.39 is 0 Å². The Labute approximate surface area is 227 Å². The van der Waals surface area contributed by atoms with E-state index in [1.165, 1.54) is 167 Å². The van der Waals surface area contributed by atoms with Crippen molar-refractivity contribution in [3.8, 4) is 0 Å². The van der Waals surface area contributed by atoms with Crippen LogP contribution in [-0.2, 0) is 13.0 Å². The molecule has 1 rings (SSSR count). The normalized spacial score (nSPS) is 11.0. The van der Waals surface area contributed by atoms with E-state index in [1.54, 1.807) is 5.69 Å². The van der Waals surface area contributed by atoms with Crippen molar-refractivity contribution in [2.24, 2.45) is 0 Å². The Hall–Kier alpha value is -0.560. The molecule has 2 heteroatoms. The highest BCUT2D eigenvalue weighted by Gasteiger charge is 2.08. The number of hydrogen-bond donors (Lipinski definition) is 0. The highest BCUT2D eigenvalue weighted by Crippen LogP contribution is 2.14. The number of halogens is 1. The van der Waals surface area contributed by atoms with Gasteiger partial charge in [0.2, 0.25) is 0 Å². The van der Waals surface area contributed by atoms with E-state index in [9.17, 15) is 0 Å². The van der Waals surface area contributed by atoms with Crippen molar-refractivity contribution in [3.05, 3.63) is 30.1 Å². The highest BCUT2D eigenvalue weighted by atomic mass is 35.5. The third-order valence-corrected chi connectivity index (χ3v) is 7.57. The summed E-state index contributed by atoms with van der Waals surface area (Å²) in [5.41, 5.74) is 1.55. The van der Waals surface area contributed by atoms with Crippen molar-refractivity contribution in [1.29, 1.82) is 0 Å². The van der Waals surface area contributed by atoms with Gasteiger partial charge in [0.1, 0.15) is 6.54 Å². The molecule has 0 atom stereocenters. The average molecular weight is 508 g/mol. The van der Waals surface area contributed by atoms with Gasteiger partial charge in [0.15, 0.2) is 11.9 Å². The Morgan fingerprint density at radius 3 is 1.26 bits per heavy atom. The van der Waals surface area contributed by atoms with Crippen LogP contribution in [0.25, 0.3) is 0 Å². The van der Waals surface area contributed by atoms with Gasteiger partial charge >= 0.3 is 0 Å². The SMILES string of the molecule is CCCCCCCCCCCCCCc1cccc[n+]1CCCCCCCCCCCCCC.[Cl-]. The molecule has 0 unspecified atom stereocenters. The monoisotopic (exact) mass is 507 g/mol. The standard InChI is InChI=1S/C33H62N.ClH/c1-3-5-7-9-11-13-15-17-19-21-23-25-29-33-30-26-28-32-34(33)31-27-24-22-20-18-16-14-12-10-8-6-4-2;/h26,28,30,32H,3-25,27,29,31H2,1-2H3;1H/q+1;/p-1. The summed E-state index contributed by atoms with van der Waals surface area (Å²) < 4.78 is 2.54. The molecule has 1 heterocycles. The number of rotatable bonds is 26. The lowest BCUT2D eigenvalue weighted by molar-refractivity contribution is -0.704. The molecule has 1 aromatic rings. The molecule has 0 aliphatic rings. The van der Waals surface area contributed by atoms with E-state index in [4.69, 9.17) is 0 Å². The average Bonchev–Trinajstić information content (AvgIpc) is 2.86. The van der Waals surface area contributed by atoms with E-state index >= 15 is 0 Å². The molecule has 35 heavy (non-hydrogen) atoms.